The van der Waals surface area contributed by atoms with Crippen LogP contribution < -0.4 is 0 Å². The summed E-state index contributed by atoms with van der Waals surface area (Å²) >= 11 is 3.53. The van der Waals surface area contributed by atoms with E-state index in [9.17, 15) is 0 Å². The second kappa shape index (κ2) is 3.20. The minimum Gasteiger partial charge on any atom is -0.152 e. The number of rotatable bonds is 2. The number of hydrogen-bond donors (Lipinski definition) is 0. The van der Waals surface area contributed by atoms with Gasteiger partial charge in [0.25, 0.3) is 0 Å². The third-order valence-corrected chi connectivity index (χ3v) is 3.03. The summed E-state index contributed by atoms with van der Waals surface area (Å²) in [5.74, 6) is 0. The molecular formula is C9H8S2. The summed E-state index contributed by atoms with van der Waals surface area (Å²) in [4.78, 5) is 0. The quantitative estimate of drug-likeness (QED) is 0.664. The monoisotopic (exact) mass is 180 g/mol. The van der Waals surface area contributed by atoms with Gasteiger partial charge in [0.2, 0.25) is 0 Å². The second-order valence-electron chi connectivity index (χ2n) is 2.44. The lowest BCUT2D eigenvalue weighted by Crippen LogP contribution is -1.79. The van der Waals surface area contributed by atoms with E-state index in [4.69, 9.17) is 0 Å². The van der Waals surface area contributed by atoms with Crippen LogP contribution in [0.2, 0.25) is 0 Å². The Hall–Kier alpha value is -0.600. The van der Waals surface area contributed by atoms with Crippen molar-refractivity contribution in [1.29, 1.82) is 0 Å². The van der Waals surface area contributed by atoms with Gasteiger partial charge in [-0.25, -0.2) is 0 Å². The Morgan fingerprint density at radius 1 is 0.909 bits per heavy atom. The number of thiophene rings is 2. The van der Waals surface area contributed by atoms with Crippen molar-refractivity contribution in [2.75, 3.05) is 0 Å². The van der Waals surface area contributed by atoms with Crippen molar-refractivity contribution < 1.29 is 0 Å². The van der Waals surface area contributed by atoms with Crippen LogP contribution in [0.1, 0.15) is 11.1 Å². The molecule has 2 rings (SSSR count). The molecule has 0 fully saturated rings. The third kappa shape index (κ3) is 1.70. The van der Waals surface area contributed by atoms with Crippen LogP contribution in [0.15, 0.2) is 33.7 Å². The van der Waals surface area contributed by atoms with Crippen LogP contribution in [0.4, 0.5) is 0 Å². The summed E-state index contributed by atoms with van der Waals surface area (Å²) in [6.07, 6.45) is 1.09. The van der Waals surface area contributed by atoms with E-state index in [1.165, 1.54) is 11.1 Å². The maximum Gasteiger partial charge on any atom is -0.000929 e. The summed E-state index contributed by atoms with van der Waals surface area (Å²) in [6.45, 7) is 0. The third-order valence-electron chi connectivity index (χ3n) is 1.57. The van der Waals surface area contributed by atoms with Crippen molar-refractivity contribution in [3.8, 4) is 0 Å². The zero-order valence-electron chi connectivity index (χ0n) is 5.99. The fourth-order valence-corrected chi connectivity index (χ4v) is 2.36. The van der Waals surface area contributed by atoms with E-state index in [1.807, 2.05) is 0 Å². The normalized spacial score (nSPS) is 10.2. The lowest BCUT2D eigenvalue weighted by atomic mass is 10.1. The fraction of sp³-hybridized carbons (Fsp3) is 0.111. The highest BCUT2D eigenvalue weighted by molar-refractivity contribution is 7.08. The van der Waals surface area contributed by atoms with Gasteiger partial charge in [0.15, 0.2) is 0 Å². The van der Waals surface area contributed by atoms with Gasteiger partial charge in [-0.15, -0.1) is 0 Å². The Balaban J connectivity index is 2.14. The molecule has 2 heteroatoms. The van der Waals surface area contributed by atoms with E-state index in [1.54, 1.807) is 22.7 Å². The molecule has 0 nitrogen and oxygen atoms in total. The molecule has 2 aromatic heterocycles. The minimum atomic E-state index is 1.09. The van der Waals surface area contributed by atoms with Crippen molar-refractivity contribution >= 4 is 22.7 Å². The second-order valence-corrected chi connectivity index (χ2v) is 4.00. The van der Waals surface area contributed by atoms with Gasteiger partial charge in [-0.3, -0.25) is 0 Å². The number of hydrogen-bond acceptors (Lipinski definition) is 2. The van der Waals surface area contributed by atoms with E-state index in [0.717, 1.165) is 6.42 Å². The maximum absolute atomic E-state index is 2.21. The molecule has 0 aliphatic rings. The van der Waals surface area contributed by atoms with Gasteiger partial charge in [0.1, 0.15) is 0 Å². The Morgan fingerprint density at radius 2 is 1.45 bits per heavy atom. The predicted molar refractivity (Wildman–Crippen MR) is 51.4 cm³/mol. The highest BCUT2D eigenvalue weighted by Crippen LogP contribution is 2.14. The van der Waals surface area contributed by atoms with E-state index in [-0.39, 0.29) is 0 Å². The first kappa shape index (κ1) is 7.07. The average molecular weight is 180 g/mol. The Kier molecular flexibility index (Phi) is 2.06. The van der Waals surface area contributed by atoms with E-state index in [2.05, 4.69) is 33.7 Å². The summed E-state index contributed by atoms with van der Waals surface area (Å²) in [7, 11) is 0. The Labute approximate surface area is 74.1 Å². The molecule has 0 aliphatic heterocycles. The molecule has 2 aromatic rings. The van der Waals surface area contributed by atoms with Crippen LogP contribution in [0.5, 0.6) is 0 Å². The molecule has 0 radical (unpaired) electrons. The van der Waals surface area contributed by atoms with Crippen molar-refractivity contribution in [1.82, 2.24) is 0 Å². The zero-order chi connectivity index (χ0) is 7.52. The predicted octanol–water partition coefficient (Wildman–Crippen LogP) is 3.40. The minimum absolute atomic E-state index is 1.09. The lowest BCUT2D eigenvalue weighted by Gasteiger charge is -1.90. The lowest BCUT2D eigenvalue weighted by molar-refractivity contribution is 1.23. The largest absolute Gasteiger partial charge is 0.152 e. The van der Waals surface area contributed by atoms with Crippen molar-refractivity contribution in [3.05, 3.63) is 44.8 Å². The Morgan fingerprint density at radius 3 is 1.82 bits per heavy atom. The van der Waals surface area contributed by atoms with Crippen LogP contribution in [-0.4, -0.2) is 0 Å². The molecule has 0 spiro atoms. The van der Waals surface area contributed by atoms with Gasteiger partial charge in [-0.05, 0) is 51.2 Å². The SMILES string of the molecule is c1cc(Cc2ccsc2)cs1. The molecule has 0 saturated heterocycles. The van der Waals surface area contributed by atoms with Gasteiger partial charge >= 0.3 is 0 Å². The molecule has 0 aliphatic carbocycles. The Bertz CT molecular complexity index is 260. The van der Waals surface area contributed by atoms with E-state index in [0.29, 0.717) is 0 Å². The first-order valence-electron chi connectivity index (χ1n) is 3.47. The molecule has 0 atom stereocenters. The van der Waals surface area contributed by atoms with Gasteiger partial charge in [-0.2, -0.15) is 22.7 Å². The molecule has 2 heterocycles. The molecule has 56 valence electrons. The standard InChI is InChI=1S/C9H8S2/c1-3-10-6-8(1)5-9-2-4-11-7-9/h1-4,6-7H,5H2. The van der Waals surface area contributed by atoms with Crippen LogP contribution in [0.3, 0.4) is 0 Å². The fourth-order valence-electron chi connectivity index (χ4n) is 1.02. The molecule has 11 heavy (non-hydrogen) atoms. The molecule has 0 saturated carbocycles. The topological polar surface area (TPSA) is 0 Å². The van der Waals surface area contributed by atoms with Crippen molar-refractivity contribution in [2.24, 2.45) is 0 Å². The summed E-state index contributed by atoms with van der Waals surface area (Å²) in [6, 6.07) is 4.37. The molecule has 0 N–H and O–H groups in total. The zero-order valence-corrected chi connectivity index (χ0v) is 7.62. The van der Waals surface area contributed by atoms with Gasteiger partial charge in [0.05, 0.1) is 0 Å². The highest BCUT2D eigenvalue weighted by Gasteiger charge is 1.95. The van der Waals surface area contributed by atoms with Crippen molar-refractivity contribution in [3.63, 3.8) is 0 Å². The molecule has 0 unspecified atom stereocenters. The van der Waals surface area contributed by atoms with Gasteiger partial charge in [0, 0.05) is 0 Å². The highest BCUT2D eigenvalue weighted by atomic mass is 32.1. The first-order valence-corrected chi connectivity index (χ1v) is 5.36. The molecule has 0 amide bonds. The van der Waals surface area contributed by atoms with Gasteiger partial charge < -0.3 is 0 Å². The smallest absolute Gasteiger partial charge is 0.000929 e. The van der Waals surface area contributed by atoms with Crippen LogP contribution in [0.25, 0.3) is 0 Å². The molecule has 0 aromatic carbocycles. The van der Waals surface area contributed by atoms with Crippen LogP contribution >= 0.6 is 22.7 Å². The van der Waals surface area contributed by atoms with Crippen LogP contribution in [-0.2, 0) is 6.42 Å². The maximum atomic E-state index is 2.21. The molecular weight excluding hydrogens is 172 g/mol. The summed E-state index contributed by atoms with van der Waals surface area (Å²) in [5.41, 5.74) is 2.85. The summed E-state index contributed by atoms with van der Waals surface area (Å²) < 4.78 is 0. The molecule has 0 bridgehead atoms. The average Bonchev–Trinajstić information content (AvgIpc) is 2.60. The summed E-state index contributed by atoms with van der Waals surface area (Å²) in [5, 5.41) is 8.67. The van der Waals surface area contributed by atoms with E-state index >= 15 is 0 Å². The first-order chi connectivity index (χ1) is 5.45. The van der Waals surface area contributed by atoms with Crippen molar-refractivity contribution in [2.45, 2.75) is 6.42 Å². The van der Waals surface area contributed by atoms with Gasteiger partial charge in [-0.1, -0.05) is 0 Å². The van der Waals surface area contributed by atoms with Crippen LogP contribution in [0, 0.1) is 0 Å². The van der Waals surface area contributed by atoms with E-state index < -0.39 is 0 Å².